The molecule has 2 aromatic carbocycles. The molecule has 0 spiro atoms. The summed E-state index contributed by atoms with van der Waals surface area (Å²) in [6.45, 7) is -1.52. The van der Waals surface area contributed by atoms with Gasteiger partial charge in [0.2, 0.25) is 5.43 Å². The second-order valence-electron chi connectivity index (χ2n) is 4.51. The first-order valence-electron chi connectivity index (χ1n) is 10.00. The van der Waals surface area contributed by atoms with Gasteiger partial charge in [-0.2, -0.15) is 0 Å². The zero-order valence-electron chi connectivity index (χ0n) is 18.9. The predicted octanol–water partition coefficient (Wildman–Crippen LogP) is 3.19. The molecule has 0 bridgehead atoms. The van der Waals surface area contributed by atoms with Gasteiger partial charge >= 0.3 is 5.97 Å². The monoisotopic (exact) mass is 290 g/mol. The molecule has 0 radical (unpaired) electrons. The number of para-hydroxylation sites is 1. The molecule has 4 heteroatoms. The van der Waals surface area contributed by atoms with E-state index in [0.717, 1.165) is 0 Å². The average Bonchev–Trinajstić information content (AvgIpc) is 2.59. The van der Waals surface area contributed by atoms with Crippen LogP contribution in [0.4, 0.5) is 0 Å². The van der Waals surface area contributed by atoms with Crippen molar-refractivity contribution in [2.75, 3.05) is 0 Å². The van der Waals surface area contributed by atoms with Gasteiger partial charge in [0.05, 0.1) is 24.0 Å². The molecule has 4 nitrogen and oxygen atoms in total. The lowest BCUT2D eigenvalue weighted by molar-refractivity contribution is -0.136. The van der Waals surface area contributed by atoms with Gasteiger partial charge in [-0.05, 0) is 37.0 Å². The molecular weight excluding hydrogens is 268 g/mol. The van der Waals surface area contributed by atoms with Crippen molar-refractivity contribution in [2.45, 2.75) is 20.2 Å². The third kappa shape index (κ3) is 2.09. The van der Waals surface area contributed by atoms with Gasteiger partial charge in [0.25, 0.3) is 0 Å². The maximum Gasteiger partial charge on any atom is 0.307 e. The van der Waals surface area contributed by atoms with Crippen molar-refractivity contribution in [3.8, 4) is 0 Å². The fraction of sp³-hybridized carbons (Fsp3) is 0.176. The smallest absolute Gasteiger partial charge is 0.307 e. The molecule has 0 unspecified atom stereocenters. The number of rotatable bonds is 2. The normalized spacial score (nSPS) is 17.2. The molecule has 0 saturated carbocycles. The molecule has 1 N–H and O–H groups in total. The fourth-order valence-corrected chi connectivity index (χ4v) is 2.04. The average molecular weight is 290 g/mol. The van der Waals surface area contributed by atoms with Crippen LogP contribution in [0.2, 0.25) is 0 Å². The Hall–Kier alpha value is -2.62. The summed E-state index contributed by atoms with van der Waals surface area (Å²) in [7, 11) is 0. The summed E-state index contributed by atoms with van der Waals surface area (Å²) in [4.78, 5) is 24.3. The molecule has 0 amide bonds. The Kier molecular flexibility index (Phi) is 1.55. The summed E-state index contributed by atoms with van der Waals surface area (Å²) < 4.78 is 68.9. The highest BCUT2D eigenvalue weighted by molar-refractivity contribution is 5.93. The molecule has 106 valence electrons. The van der Waals surface area contributed by atoms with Gasteiger partial charge in [0, 0.05) is 9.68 Å². The van der Waals surface area contributed by atoms with Crippen LogP contribution in [0.15, 0.2) is 39.4 Å². The fourth-order valence-electron chi connectivity index (χ4n) is 2.04. The first kappa shape index (κ1) is 6.89. The van der Waals surface area contributed by atoms with Crippen LogP contribution in [0, 0.1) is 13.8 Å². The van der Waals surface area contributed by atoms with Crippen LogP contribution >= 0.6 is 0 Å². The van der Waals surface area contributed by atoms with Crippen molar-refractivity contribution in [3.05, 3.63) is 57.1 Å². The summed E-state index contributed by atoms with van der Waals surface area (Å²) in [5.41, 5.74) is -2.92. The minimum atomic E-state index is -2.81. The number of carbonyl (C=O) groups is 1. The van der Waals surface area contributed by atoms with Crippen molar-refractivity contribution in [3.63, 3.8) is 0 Å². The van der Waals surface area contributed by atoms with Gasteiger partial charge in [-0.15, -0.1) is 0 Å². The molecule has 21 heavy (non-hydrogen) atoms. The predicted molar refractivity (Wildman–Crippen MR) is 80.8 cm³/mol. The first-order chi connectivity index (χ1) is 13.3. The summed E-state index contributed by atoms with van der Waals surface area (Å²) in [6.07, 6.45) is -0.789. The minimum Gasteiger partial charge on any atom is -0.481 e. The van der Waals surface area contributed by atoms with Crippen molar-refractivity contribution in [1.82, 2.24) is 0 Å². The Morgan fingerprint density at radius 1 is 1.29 bits per heavy atom. The number of benzene rings is 2. The Bertz CT molecular complexity index is 1270. The van der Waals surface area contributed by atoms with E-state index in [2.05, 4.69) is 0 Å². The van der Waals surface area contributed by atoms with Crippen LogP contribution in [-0.4, -0.2) is 11.1 Å². The molecule has 1 heterocycles. The summed E-state index contributed by atoms with van der Waals surface area (Å²) in [5.74, 6) is -1.38. The van der Waals surface area contributed by atoms with Gasteiger partial charge in [-0.3, -0.25) is 9.59 Å². The highest BCUT2D eigenvalue weighted by Crippen LogP contribution is 2.25. The van der Waals surface area contributed by atoms with Crippen molar-refractivity contribution in [1.29, 1.82) is 0 Å². The Morgan fingerprint density at radius 3 is 2.76 bits per heavy atom. The van der Waals surface area contributed by atoms with Crippen molar-refractivity contribution in [2.24, 2.45) is 0 Å². The Balaban J connectivity index is 2.75. The lowest BCUT2D eigenvalue weighted by atomic mass is 10.0. The van der Waals surface area contributed by atoms with Crippen LogP contribution in [0.1, 0.15) is 27.7 Å². The van der Waals surface area contributed by atoms with E-state index in [1.54, 1.807) is 0 Å². The summed E-state index contributed by atoms with van der Waals surface area (Å²) in [6, 6.07) is -3.10. The van der Waals surface area contributed by atoms with E-state index in [-0.39, 0.29) is 11.1 Å². The highest BCUT2D eigenvalue weighted by atomic mass is 16.4. The van der Waals surface area contributed by atoms with E-state index in [0.29, 0.717) is 0 Å². The minimum absolute atomic E-state index is 0.0981. The topological polar surface area (TPSA) is 67.5 Å². The quantitative estimate of drug-likeness (QED) is 0.736. The number of fused-ring (bicyclic) bond motifs is 2. The third-order valence-electron chi connectivity index (χ3n) is 3.09. The van der Waals surface area contributed by atoms with Gasteiger partial charge in [-0.25, -0.2) is 0 Å². The second kappa shape index (κ2) is 4.74. The Morgan fingerprint density at radius 2 is 2.05 bits per heavy atom. The number of aryl methyl sites for hydroxylation is 1. The lowest BCUT2D eigenvalue weighted by Gasteiger charge is -2.08. The first-order valence-corrected chi connectivity index (χ1v) is 6.00. The summed E-state index contributed by atoms with van der Waals surface area (Å²) in [5, 5.41) is 8.09. The standard InChI is InChI=1S/C17H14O4/c1-9-6-7-13-15(20)12-5-3-4-11(8-14(18)19)17(12)21-16(13)10(9)2/h3-7H,8H2,1-2H3,(H,18,19)/i2D3,3D,4D,5D,6D,7D. The molecule has 0 aliphatic heterocycles. The van der Waals surface area contributed by atoms with E-state index in [1.807, 2.05) is 0 Å². The van der Waals surface area contributed by atoms with Crippen LogP contribution in [-0.2, 0) is 11.2 Å². The number of carboxylic acids is 1. The van der Waals surface area contributed by atoms with E-state index in [1.165, 1.54) is 6.92 Å². The van der Waals surface area contributed by atoms with Crippen LogP contribution in [0.5, 0.6) is 0 Å². The van der Waals surface area contributed by atoms with E-state index in [4.69, 9.17) is 20.5 Å². The van der Waals surface area contributed by atoms with Crippen molar-refractivity contribution < 1.29 is 25.3 Å². The Labute approximate surface area is 131 Å². The highest BCUT2D eigenvalue weighted by Gasteiger charge is 2.14. The van der Waals surface area contributed by atoms with E-state index >= 15 is 0 Å². The maximum atomic E-state index is 13.1. The zero-order valence-corrected chi connectivity index (χ0v) is 10.9. The van der Waals surface area contributed by atoms with Gasteiger partial charge in [0.1, 0.15) is 11.2 Å². The summed E-state index contributed by atoms with van der Waals surface area (Å²) >= 11 is 0. The lowest BCUT2D eigenvalue weighted by Crippen LogP contribution is -2.06. The SMILES string of the molecule is [2H]c1c([2H])c([2H])c2c(=O)c3c([2H])c([2H])c(C)c(C([2H])([2H])[2H])c3oc2c1CC(=O)O. The molecule has 0 aliphatic carbocycles. The van der Waals surface area contributed by atoms with Crippen LogP contribution in [0.25, 0.3) is 21.9 Å². The van der Waals surface area contributed by atoms with Crippen molar-refractivity contribution >= 4 is 27.9 Å². The second-order valence-corrected chi connectivity index (χ2v) is 4.51. The van der Waals surface area contributed by atoms with Gasteiger partial charge < -0.3 is 9.52 Å². The molecule has 0 saturated heterocycles. The molecule has 1 aromatic heterocycles. The van der Waals surface area contributed by atoms with Gasteiger partial charge in [-0.1, -0.05) is 18.1 Å². The van der Waals surface area contributed by atoms with Crippen LogP contribution < -0.4 is 5.43 Å². The number of carboxylic acid groups (broad SMARTS) is 1. The van der Waals surface area contributed by atoms with Crippen LogP contribution in [0.3, 0.4) is 0 Å². The molecule has 3 aromatic rings. The molecule has 3 rings (SSSR count). The van der Waals surface area contributed by atoms with E-state index in [9.17, 15) is 9.59 Å². The molecule has 0 aliphatic rings. The van der Waals surface area contributed by atoms with E-state index < -0.39 is 82.4 Å². The third-order valence-corrected chi connectivity index (χ3v) is 3.09. The number of aliphatic carboxylic acids is 1. The number of hydrogen-bond donors (Lipinski definition) is 1. The largest absolute Gasteiger partial charge is 0.481 e. The molecule has 0 atom stereocenters. The maximum absolute atomic E-state index is 13.1. The zero-order chi connectivity index (χ0) is 22.0. The molecule has 0 fully saturated rings. The number of hydrogen-bond acceptors (Lipinski definition) is 3. The van der Waals surface area contributed by atoms with Gasteiger partial charge in [0.15, 0.2) is 0 Å². The molecular formula is C17H14O4.